The zero-order chi connectivity index (χ0) is 13.0. The maximum atomic E-state index is 11.2. The molecule has 19 heavy (non-hydrogen) atoms. The summed E-state index contributed by atoms with van der Waals surface area (Å²) in [5, 5.41) is 9.23. The van der Waals surface area contributed by atoms with Crippen molar-refractivity contribution in [2.45, 2.75) is 51.4 Å². The van der Waals surface area contributed by atoms with Crippen LogP contribution >= 0.6 is 0 Å². The van der Waals surface area contributed by atoms with Gasteiger partial charge in [-0.05, 0) is 80.5 Å². The number of allylic oxidation sites excluding steroid dienone is 1. The van der Waals surface area contributed by atoms with E-state index in [0.29, 0.717) is 11.8 Å². The summed E-state index contributed by atoms with van der Waals surface area (Å²) in [6.45, 7) is 0. The summed E-state index contributed by atoms with van der Waals surface area (Å²) in [4.78, 5) is 11.2. The molecule has 0 aromatic carbocycles. The van der Waals surface area contributed by atoms with E-state index in [1.807, 2.05) is 0 Å². The van der Waals surface area contributed by atoms with Gasteiger partial charge in [0.2, 0.25) is 0 Å². The molecule has 0 unspecified atom stereocenters. The standard InChI is InChI=1S/C17H24O2/c18-16(19)9-15(12-2-1-3-12)17-13-5-10-4-11(7-13)8-14(17)6-10/h9-14,17H,1-8H2,(H,18,19)/b15-9+. The van der Waals surface area contributed by atoms with Gasteiger partial charge in [0.1, 0.15) is 0 Å². The molecular weight excluding hydrogens is 236 g/mol. The molecule has 0 atom stereocenters. The average molecular weight is 260 g/mol. The fourth-order valence-electron chi connectivity index (χ4n) is 5.84. The van der Waals surface area contributed by atoms with Gasteiger partial charge in [0.15, 0.2) is 0 Å². The van der Waals surface area contributed by atoms with Crippen LogP contribution in [0.2, 0.25) is 0 Å². The first-order chi connectivity index (χ1) is 9.20. The van der Waals surface area contributed by atoms with Gasteiger partial charge in [-0.1, -0.05) is 12.0 Å². The van der Waals surface area contributed by atoms with Crippen molar-refractivity contribution >= 4 is 5.97 Å². The maximum absolute atomic E-state index is 11.2. The second-order valence-corrected chi connectivity index (χ2v) is 7.57. The fraction of sp³-hybridized carbons (Fsp3) is 0.824. The zero-order valence-electron chi connectivity index (χ0n) is 11.6. The van der Waals surface area contributed by atoms with Crippen molar-refractivity contribution in [3.63, 3.8) is 0 Å². The topological polar surface area (TPSA) is 37.3 Å². The first kappa shape index (κ1) is 12.0. The molecule has 0 aromatic rings. The fourth-order valence-corrected chi connectivity index (χ4v) is 5.84. The Morgan fingerprint density at radius 2 is 1.53 bits per heavy atom. The number of aliphatic carboxylic acids is 1. The van der Waals surface area contributed by atoms with Gasteiger partial charge in [-0.3, -0.25) is 0 Å². The molecule has 0 heterocycles. The Balaban J connectivity index is 1.64. The highest BCUT2D eigenvalue weighted by Crippen LogP contribution is 2.60. The SMILES string of the molecule is O=C(O)/C=C(\C1CCC1)C1C2CC3CC(C2)CC1C3. The summed E-state index contributed by atoms with van der Waals surface area (Å²) in [5.41, 5.74) is 1.34. The number of carboxylic acid groups (broad SMARTS) is 1. The van der Waals surface area contributed by atoms with Gasteiger partial charge < -0.3 is 5.11 Å². The van der Waals surface area contributed by atoms with Crippen molar-refractivity contribution in [2.24, 2.45) is 35.5 Å². The molecule has 5 aliphatic carbocycles. The number of hydrogen-bond donors (Lipinski definition) is 1. The van der Waals surface area contributed by atoms with Crippen LogP contribution in [-0.4, -0.2) is 11.1 Å². The van der Waals surface area contributed by atoms with Gasteiger partial charge in [0.25, 0.3) is 0 Å². The number of carbonyl (C=O) groups is 1. The summed E-state index contributed by atoms with van der Waals surface area (Å²) in [6, 6.07) is 0. The van der Waals surface area contributed by atoms with Crippen LogP contribution in [0, 0.1) is 35.5 Å². The van der Waals surface area contributed by atoms with Crippen LogP contribution < -0.4 is 0 Å². The summed E-state index contributed by atoms with van der Waals surface area (Å²) >= 11 is 0. The minimum Gasteiger partial charge on any atom is -0.478 e. The molecule has 2 heteroatoms. The third-order valence-electron chi connectivity index (χ3n) is 6.48. The predicted octanol–water partition coefficient (Wildman–Crippen LogP) is 3.87. The van der Waals surface area contributed by atoms with Crippen molar-refractivity contribution < 1.29 is 9.90 Å². The lowest BCUT2D eigenvalue weighted by Crippen LogP contribution is -2.47. The third-order valence-corrected chi connectivity index (χ3v) is 6.48. The summed E-state index contributed by atoms with van der Waals surface area (Å²) in [6.07, 6.45) is 12.4. The zero-order valence-corrected chi connectivity index (χ0v) is 11.6. The molecule has 0 aromatic heterocycles. The normalized spacial score (nSPS) is 45.3. The second-order valence-electron chi connectivity index (χ2n) is 7.57. The van der Waals surface area contributed by atoms with E-state index in [-0.39, 0.29) is 0 Å². The highest BCUT2D eigenvalue weighted by atomic mass is 16.4. The number of rotatable bonds is 3. The van der Waals surface area contributed by atoms with Gasteiger partial charge in [0.05, 0.1) is 0 Å². The van der Waals surface area contributed by atoms with Crippen LogP contribution in [0.15, 0.2) is 11.6 Å². The molecule has 1 N–H and O–H groups in total. The minimum atomic E-state index is -0.712. The predicted molar refractivity (Wildman–Crippen MR) is 73.6 cm³/mol. The lowest BCUT2D eigenvalue weighted by atomic mass is 9.49. The van der Waals surface area contributed by atoms with Crippen LogP contribution in [0.3, 0.4) is 0 Å². The van der Waals surface area contributed by atoms with E-state index in [2.05, 4.69) is 0 Å². The Morgan fingerprint density at radius 1 is 0.947 bits per heavy atom. The second kappa shape index (κ2) is 4.36. The number of hydrogen-bond acceptors (Lipinski definition) is 1. The summed E-state index contributed by atoms with van der Waals surface area (Å²) < 4.78 is 0. The lowest BCUT2D eigenvalue weighted by Gasteiger charge is -2.56. The Hall–Kier alpha value is -0.790. The minimum absolute atomic E-state index is 0.610. The molecule has 5 fully saturated rings. The Labute approximate surface area is 115 Å². The monoisotopic (exact) mass is 260 g/mol. The molecule has 0 radical (unpaired) electrons. The molecule has 104 valence electrons. The van der Waals surface area contributed by atoms with Gasteiger partial charge in [-0.25, -0.2) is 4.79 Å². The van der Waals surface area contributed by atoms with Gasteiger partial charge >= 0.3 is 5.97 Å². The Kier molecular flexibility index (Phi) is 2.75. The van der Waals surface area contributed by atoms with Crippen LogP contribution in [0.1, 0.15) is 51.4 Å². The summed E-state index contributed by atoms with van der Waals surface area (Å²) in [7, 11) is 0. The highest BCUT2D eigenvalue weighted by Gasteiger charge is 2.50. The Morgan fingerprint density at radius 3 is 1.95 bits per heavy atom. The van der Waals surface area contributed by atoms with E-state index in [9.17, 15) is 9.90 Å². The van der Waals surface area contributed by atoms with Crippen molar-refractivity contribution in [3.05, 3.63) is 11.6 Å². The van der Waals surface area contributed by atoms with Crippen molar-refractivity contribution in [1.82, 2.24) is 0 Å². The molecule has 0 aliphatic heterocycles. The van der Waals surface area contributed by atoms with Crippen LogP contribution in [0.5, 0.6) is 0 Å². The highest BCUT2D eigenvalue weighted by molar-refractivity contribution is 5.81. The molecule has 0 amide bonds. The largest absolute Gasteiger partial charge is 0.478 e. The van der Waals surface area contributed by atoms with E-state index < -0.39 is 5.97 Å². The van der Waals surface area contributed by atoms with E-state index >= 15 is 0 Å². The lowest BCUT2D eigenvalue weighted by molar-refractivity contribution is -0.131. The van der Waals surface area contributed by atoms with Gasteiger partial charge in [0, 0.05) is 6.08 Å². The van der Waals surface area contributed by atoms with Gasteiger partial charge in [-0.2, -0.15) is 0 Å². The molecule has 0 spiro atoms. The molecule has 2 nitrogen and oxygen atoms in total. The molecule has 5 aliphatic rings. The van der Waals surface area contributed by atoms with E-state index in [4.69, 9.17) is 0 Å². The molecule has 0 saturated heterocycles. The van der Waals surface area contributed by atoms with E-state index in [1.165, 1.54) is 56.9 Å². The first-order valence-corrected chi connectivity index (χ1v) is 8.15. The average Bonchev–Trinajstić information content (AvgIpc) is 2.23. The van der Waals surface area contributed by atoms with Crippen LogP contribution in [0.25, 0.3) is 0 Å². The third kappa shape index (κ3) is 1.95. The van der Waals surface area contributed by atoms with Crippen LogP contribution in [0.4, 0.5) is 0 Å². The van der Waals surface area contributed by atoms with Gasteiger partial charge in [-0.15, -0.1) is 0 Å². The molecule has 4 bridgehead atoms. The quantitative estimate of drug-likeness (QED) is 0.782. The van der Waals surface area contributed by atoms with Crippen LogP contribution in [-0.2, 0) is 4.79 Å². The molecule has 5 rings (SSSR count). The maximum Gasteiger partial charge on any atom is 0.328 e. The smallest absolute Gasteiger partial charge is 0.328 e. The Bertz CT molecular complexity index is 391. The summed E-state index contributed by atoms with van der Waals surface area (Å²) in [5.74, 6) is 4.13. The first-order valence-electron chi connectivity index (χ1n) is 8.15. The van der Waals surface area contributed by atoms with Crippen molar-refractivity contribution in [2.75, 3.05) is 0 Å². The number of carboxylic acids is 1. The van der Waals surface area contributed by atoms with E-state index in [1.54, 1.807) is 6.08 Å². The van der Waals surface area contributed by atoms with Crippen molar-refractivity contribution in [1.29, 1.82) is 0 Å². The van der Waals surface area contributed by atoms with Crippen molar-refractivity contribution in [3.8, 4) is 0 Å². The molecular formula is C17H24O2. The van der Waals surface area contributed by atoms with E-state index in [0.717, 1.165) is 23.7 Å². The molecule has 5 saturated carbocycles.